The number of hydrogen-bond acceptors (Lipinski definition) is 7. The molecule has 0 aliphatic carbocycles. The van der Waals surface area contributed by atoms with E-state index in [2.05, 4.69) is 15.5 Å². The van der Waals surface area contributed by atoms with Crippen LogP contribution < -0.4 is 19.6 Å². The van der Waals surface area contributed by atoms with Crippen molar-refractivity contribution in [3.63, 3.8) is 0 Å². The van der Waals surface area contributed by atoms with E-state index in [1.54, 1.807) is 49.5 Å². The smallest absolute Gasteiger partial charge is 0.271 e. The molecule has 3 aromatic rings. The summed E-state index contributed by atoms with van der Waals surface area (Å²) >= 11 is 1.62. The Morgan fingerprint density at radius 1 is 1.20 bits per heavy atom. The van der Waals surface area contributed by atoms with Crippen LogP contribution in [0.4, 0.5) is 0 Å². The zero-order valence-corrected chi connectivity index (χ0v) is 17.0. The minimum absolute atomic E-state index is 0.164. The molecule has 30 heavy (non-hydrogen) atoms. The number of thioether (sulfide) groups is 1. The van der Waals surface area contributed by atoms with Crippen molar-refractivity contribution in [1.82, 2.24) is 10.4 Å². The molecule has 0 fully saturated rings. The second-order valence-corrected chi connectivity index (χ2v) is 7.29. The number of hydrazone groups is 1. The Balaban J connectivity index is 1.41. The molecule has 0 unspecified atom stereocenters. The van der Waals surface area contributed by atoms with Crippen molar-refractivity contribution in [2.45, 2.75) is 10.8 Å². The molecule has 0 saturated heterocycles. The van der Waals surface area contributed by atoms with Gasteiger partial charge in [0.2, 0.25) is 6.79 Å². The molecule has 0 spiro atoms. The number of carbonyl (C=O) groups is 1. The first-order valence-corrected chi connectivity index (χ1v) is 10.2. The number of carbonyl (C=O) groups excluding carboxylic acids is 1. The Kier molecular flexibility index (Phi) is 6.14. The molecule has 0 radical (unpaired) electrons. The lowest BCUT2D eigenvalue weighted by Gasteiger charge is -2.09. The minimum atomic E-state index is -0.330. The number of hydrogen-bond donors (Lipinski definition) is 1. The maximum absolute atomic E-state index is 12.3. The standard InChI is InChI=1S/C22H19N3O4S/c1-27-18-7-5-15(10-17(18)13-30-21-4-2-3-9-23-21)12-24-25-22(26)16-6-8-19-20(11-16)29-14-28-19/h2-12H,13-14H2,1H3,(H,25,26)/b24-12-. The fourth-order valence-electron chi connectivity index (χ4n) is 2.84. The highest BCUT2D eigenvalue weighted by Gasteiger charge is 2.15. The molecule has 1 amide bonds. The van der Waals surface area contributed by atoms with Crippen LogP contribution in [0.2, 0.25) is 0 Å². The first-order chi connectivity index (χ1) is 14.7. The van der Waals surface area contributed by atoms with Gasteiger partial charge in [0, 0.05) is 23.1 Å². The zero-order chi connectivity index (χ0) is 20.8. The summed E-state index contributed by atoms with van der Waals surface area (Å²) < 4.78 is 16.0. The van der Waals surface area contributed by atoms with Gasteiger partial charge >= 0.3 is 0 Å². The topological polar surface area (TPSA) is 82.0 Å². The lowest BCUT2D eigenvalue weighted by atomic mass is 10.1. The lowest BCUT2D eigenvalue weighted by Crippen LogP contribution is -2.17. The van der Waals surface area contributed by atoms with Gasteiger partial charge in [0.25, 0.3) is 5.91 Å². The molecule has 2 heterocycles. The Morgan fingerprint density at radius 3 is 2.93 bits per heavy atom. The summed E-state index contributed by atoms with van der Waals surface area (Å²) in [5.74, 6) is 2.34. The van der Waals surface area contributed by atoms with E-state index in [0.717, 1.165) is 21.9 Å². The molecular weight excluding hydrogens is 402 g/mol. The molecule has 8 heteroatoms. The quantitative estimate of drug-likeness (QED) is 0.354. The zero-order valence-electron chi connectivity index (χ0n) is 16.2. The summed E-state index contributed by atoms with van der Waals surface area (Å²) in [4.78, 5) is 16.6. The first-order valence-electron chi connectivity index (χ1n) is 9.17. The van der Waals surface area contributed by atoms with Gasteiger partial charge in [-0.25, -0.2) is 10.4 Å². The van der Waals surface area contributed by atoms with E-state index in [1.807, 2.05) is 36.4 Å². The van der Waals surface area contributed by atoms with Crippen LogP contribution in [0.5, 0.6) is 17.2 Å². The third-order valence-electron chi connectivity index (χ3n) is 4.33. The van der Waals surface area contributed by atoms with E-state index in [0.29, 0.717) is 22.8 Å². The minimum Gasteiger partial charge on any atom is -0.496 e. The van der Waals surface area contributed by atoms with Crippen molar-refractivity contribution in [2.75, 3.05) is 13.9 Å². The summed E-state index contributed by atoms with van der Waals surface area (Å²) in [5.41, 5.74) is 4.83. The molecule has 1 aliphatic heterocycles. The summed E-state index contributed by atoms with van der Waals surface area (Å²) in [6.07, 6.45) is 3.37. The number of ether oxygens (including phenoxy) is 3. The van der Waals surface area contributed by atoms with E-state index >= 15 is 0 Å². The molecule has 1 aromatic heterocycles. The highest BCUT2D eigenvalue weighted by molar-refractivity contribution is 7.98. The van der Waals surface area contributed by atoms with Gasteiger partial charge in [0.1, 0.15) is 5.75 Å². The molecule has 0 atom stereocenters. The molecular formula is C22H19N3O4S. The van der Waals surface area contributed by atoms with E-state index in [1.165, 1.54) is 0 Å². The van der Waals surface area contributed by atoms with Crippen molar-refractivity contribution in [3.05, 3.63) is 77.5 Å². The summed E-state index contributed by atoms with van der Waals surface area (Å²) in [5, 5.41) is 5.01. The second kappa shape index (κ2) is 9.32. The maximum atomic E-state index is 12.3. The molecule has 0 saturated carbocycles. The molecule has 0 bridgehead atoms. The van der Waals surface area contributed by atoms with E-state index in [-0.39, 0.29) is 12.7 Å². The molecule has 152 valence electrons. The van der Waals surface area contributed by atoms with Crippen LogP contribution in [0.15, 0.2) is 70.9 Å². The van der Waals surface area contributed by atoms with Gasteiger partial charge < -0.3 is 14.2 Å². The first kappa shape index (κ1) is 19.8. The summed E-state index contributed by atoms with van der Waals surface area (Å²) in [6, 6.07) is 16.6. The van der Waals surface area contributed by atoms with Gasteiger partial charge in [0.05, 0.1) is 18.4 Å². The summed E-state index contributed by atoms with van der Waals surface area (Å²) in [6.45, 7) is 0.164. The maximum Gasteiger partial charge on any atom is 0.271 e. The van der Waals surface area contributed by atoms with Crippen LogP contribution in [0.1, 0.15) is 21.5 Å². The van der Waals surface area contributed by atoms with Crippen LogP contribution >= 0.6 is 11.8 Å². The summed E-state index contributed by atoms with van der Waals surface area (Å²) in [7, 11) is 1.64. The molecule has 4 rings (SSSR count). The number of methoxy groups -OCH3 is 1. The van der Waals surface area contributed by atoms with E-state index in [9.17, 15) is 4.79 Å². The average molecular weight is 421 g/mol. The number of benzene rings is 2. The predicted molar refractivity (Wildman–Crippen MR) is 114 cm³/mol. The van der Waals surface area contributed by atoms with Crippen molar-refractivity contribution in [2.24, 2.45) is 5.10 Å². The third kappa shape index (κ3) is 4.72. The predicted octanol–water partition coefficient (Wildman–Crippen LogP) is 3.88. The Bertz CT molecular complexity index is 1070. The number of fused-ring (bicyclic) bond motifs is 1. The van der Waals surface area contributed by atoms with E-state index in [4.69, 9.17) is 14.2 Å². The fourth-order valence-corrected chi connectivity index (χ4v) is 3.68. The SMILES string of the molecule is COc1ccc(/C=N\NC(=O)c2ccc3c(c2)OCO3)cc1CSc1ccccn1. The highest BCUT2D eigenvalue weighted by Crippen LogP contribution is 2.32. The van der Waals surface area contributed by atoms with Gasteiger partial charge in [-0.1, -0.05) is 6.07 Å². The van der Waals surface area contributed by atoms with Gasteiger partial charge in [-0.2, -0.15) is 5.10 Å². The number of rotatable bonds is 7. The lowest BCUT2D eigenvalue weighted by molar-refractivity contribution is 0.0954. The van der Waals surface area contributed by atoms with E-state index < -0.39 is 0 Å². The van der Waals surface area contributed by atoms with Crippen LogP contribution in [0, 0.1) is 0 Å². The molecule has 7 nitrogen and oxygen atoms in total. The third-order valence-corrected chi connectivity index (χ3v) is 5.32. The number of aromatic nitrogens is 1. The monoisotopic (exact) mass is 421 g/mol. The van der Waals surface area contributed by atoms with Crippen LogP contribution in [-0.4, -0.2) is 31.0 Å². The van der Waals surface area contributed by atoms with Crippen LogP contribution in [0.25, 0.3) is 0 Å². The Hall–Kier alpha value is -3.52. The largest absolute Gasteiger partial charge is 0.496 e. The Labute approximate surface area is 178 Å². The number of nitrogens with zero attached hydrogens (tertiary/aromatic N) is 2. The van der Waals surface area contributed by atoms with Crippen molar-refractivity contribution in [3.8, 4) is 17.2 Å². The van der Waals surface area contributed by atoms with Crippen LogP contribution in [-0.2, 0) is 5.75 Å². The molecule has 1 aliphatic rings. The molecule has 2 aromatic carbocycles. The normalized spacial score (nSPS) is 12.2. The van der Waals surface area contributed by atoms with Crippen molar-refractivity contribution < 1.29 is 19.0 Å². The second-order valence-electron chi connectivity index (χ2n) is 6.30. The van der Waals surface area contributed by atoms with Gasteiger partial charge in [-0.05, 0) is 54.1 Å². The van der Waals surface area contributed by atoms with Crippen molar-refractivity contribution in [1.29, 1.82) is 0 Å². The van der Waals surface area contributed by atoms with Crippen LogP contribution in [0.3, 0.4) is 0 Å². The number of amides is 1. The van der Waals surface area contributed by atoms with Gasteiger partial charge in [-0.15, -0.1) is 11.8 Å². The number of nitrogens with one attached hydrogen (secondary N) is 1. The number of pyridine rings is 1. The van der Waals surface area contributed by atoms with Gasteiger partial charge in [-0.3, -0.25) is 4.79 Å². The average Bonchev–Trinajstić information content (AvgIpc) is 3.26. The highest BCUT2D eigenvalue weighted by atomic mass is 32.2. The van der Waals surface area contributed by atoms with Gasteiger partial charge in [0.15, 0.2) is 11.5 Å². The Morgan fingerprint density at radius 2 is 2.10 bits per heavy atom. The molecule has 1 N–H and O–H groups in total. The fraction of sp³-hybridized carbons (Fsp3) is 0.136. The van der Waals surface area contributed by atoms with Crippen molar-refractivity contribution >= 4 is 23.9 Å².